The molecular weight excluding hydrogens is 406 g/mol. The van der Waals surface area contributed by atoms with E-state index in [1.807, 2.05) is 56.3 Å². The van der Waals surface area contributed by atoms with Crippen molar-refractivity contribution in [2.24, 2.45) is 5.92 Å². The Kier molecular flexibility index (Phi) is 8.57. The monoisotopic (exact) mass is 431 g/mol. The number of aliphatic carboxylic acids is 1. The number of hydrogen-bond donors (Lipinski definition) is 3. The molecule has 2 rings (SSSR count). The van der Waals surface area contributed by atoms with Crippen molar-refractivity contribution < 1.29 is 24.6 Å². The zero-order valence-corrected chi connectivity index (χ0v) is 17.7. The van der Waals surface area contributed by atoms with Crippen LogP contribution in [0.1, 0.15) is 32.3 Å². The highest BCUT2D eigenvalue weighted by Crippen LogP contribution is 2.23. The third-order valence-electron chi connectivity index (χ3n) is 4.57. The number of Topliss-reactive ketones (excluding diaryl/α,β-unsaturated/α-hetero) is 1. The summed E-state index contributed by atoms with van der Waals surface area (Å²) in [5, 5.41) is 22.0. The zero-order chi connectivity index (χ0) is 22.3. The minimum Gasteiger partial charge on any atom is -0.479 e. The molecule has 2 aromatic rings. The van der Waals surface area contributed by atoms with Gasteiger partial charge in [-0.25, -0.2) is 4.79 Å². The number of amides is 1. The summed E-state index contributed by atoms with van der Waals surface area (Å²) in [6.45, 7) is 3.66. The fourth-order valence-electron chi connectivity index (χ4n) is 3.08. The number of carboxylic acids is 1. The van der Waals surface area contributed by atoms with Crippen LogP contribution in [0.4, 0.5) is 0 Å². The molecule has 0 aliphatic carbocycles. The molecule has 7 heteroatoms. The van der Waals surface area contributed by atoms with E-state index in [1.54, 1.807) is 6.07 Å². The lowest BCUT2D eigenvalue weighted by atomic mass is 9.97. The van der Waals surface area contributed by atoms with Crippen molar-refractivity contribution >= 4 is 29.3 Å². The summed E-state index contributed by atoms with van der Waals surface area (Å²) in [6, 6.07) is 14.3. The van der Waals surface area contributed by atoms with E-state index in [2.05, 4.69) is 5.32 Å². The number of benzene rings is 2. The molecule has 0 aliphatic rings. The van der Waals surface area contributed by atoms with Crippen LogP contribution in [0, 0.1) is 5.92 Å². The summed E-state index contributed by atoms with van der Waals surface area (Å²) in [7, 11) is 0. The summed E-state index contributed by atoms with van der Waals surface area (Å²) < 4.78 is 0. The minimum absolute atomic E-state index is 0.0327. The highest BCUT2D eigenvalue weighted by atomic mass is 35.5. The lowest BCUT2D eigenvalue weighted by Gasteiger charge is -2.20. The van der Waals surface area contributed by atoms with E-state index in [1.165, 1.54) is 0 Å². The smallest absolute Gasteiger partial charge is 0.332 e. The molecule has 0 saturated carbocycles. The molecular formula is C23H26ClNO5. The maximum absolute atomic E-state index is 12.2. The SMILES string of the molecule is CC(C)CC(=O)C(=O)NC(Cc1ccc(-c2cccc(Cl)c2)cc1)CC(O)C(=O)O. The van der Waals surface area contributed by atoms with E-state index < -0.39 is 29.8 Å². The van der Waals surface area contributed by atoms with Crippen LogP contribution in [-0.2, 0) is 20.8 Å². The number of carbonyl (C=O) groups is 3. The van der Waals surface area contributed by atoms with Gasteiger partial charge in [0, 0.05) is 23.9 Å². The van der Waals surface area contributed by atoms with Gasteiger partial charge in [-0.05, 0) is 41.2 Å². The quantitative estimate of drug-likeness (QED) is 0.499. The van der Waals surface area contributed by atoms with Gasteiger partial charge in [0.15, 0.2) is 6.10 Å². The van der Waals surface area contributed by atoms with Crippen LogP contribution in [0.3, 0.4) is 0 Å². The second-order valence-corrected chi connectivity index (χ2v) is 8.13. The Labute approximate surface area is 180 Å². The molecule has 0 aliphatic heterocycles. The van der Waals surface area contributed by atoms with Crippen LogP contribution in [-0.4, -0.2) is 40.0 Å². The van der Waals surface area contributed by atoms with Gasteiger partial charge in [-0.3, -0.25) is 9.59 Å². The first kappa shape index (κ1) is 23.6. The molecule has 2 unspecified atom stereocenters. The van der Waals surface area contributed by atoms with E-state index >= 15 is 0 Å². The van der Waals surface area contributed by atoms with Gasteiger partial charge in [-0.1, -0.05) is 61.8 Å². The van der Waals surface area contributed by atoms with Gasteiger partial charge in [0.2, 0.25) is 5.78 Å². The zero-order valence-electron chi connectivity index (χ0n) is 17.0. The van der Waals surface area contributed by atoms with E-state index in [9.17, 15) is 19.5 Å². The van der Waals surface area contributed by atoms with Gasteiger partial charge < -0.3 is 15.5 Å². The maximum Gasteiger partial charge on any atom is 0.332 e. The van der Waals surface area contributed by atoms with Crippen molar-refractivity contribution in [2.45, 2.75) is 45.3 Å². The summed E-state index contributed by atoms with van der Waals surface area (Å²) in [4.78, 5) is 35.2. The predicted octanol–water partition coefficient (Wildman–Crippen LogP) is 3.49. The fourth-order valence-corrected chi connectivity index (χ4v) is 3.27. The number of aliphatic hydroxyl groups is 1. The van der Waals surface area contributed by atoms with Crippen LogP contribution >= 0.6 is 11.6 Å². The Morgan fingerprint density at radius 1 is 1.03 bits per heavy atom. The standard InChI is InChI=1S/C23H26ClNO5/c1-14(2)10-20(26)22(28)25-19(13-21(27)23(29)30)11-15-6-8-16(9-7-15)17-4-3-5-18(24)12-17/h3-9,12,14,19,21,27H,10-11,13H2,1-2H3,(H,25,28)(H,29,30). The molecule has 1 amide bonds. The largest absolute Gasteiger partial charge is 0.479 e. The highest BCUT2D eigenvalue weighted by Gasteiger charge is 2.24. The van der Waals surface area contributed by atoms with Crippen molar-refractivity contribution in [3.05, 3.63) is 59.1 Å². The number of carbonyl (C=O) groups excluding carboxylic acids is 2. The van der Waals surface area contributed by atoms with Crippen molar-refractivity contribution in [1.29, 1.82) is 0 Å². The number of halogens is 1. The first-order valence-corrected chi connectivity index (χ1v) is 10.1. The normalized spacial score (nSPS) is 13.0. The van der Waals surface area contributed by atoms with Crippen molar-refractivity contribution in [2.75, 3.05) is 0 Å². The molecule has 0 spiro atoms. The molecule has 0 heterocycles. The third kappa shape index (κ3) is 7.28. The van der Waals surface area contributed by atoms with Crippen LogP contribution < -0.4 is 5.32 Å². The lowest BCUT2D eigenvalue weighted by molar-refractivity contribution is -0.147. The van der Waals surface area contributed by atoms with E-state index in [-0.39, 0.29) is 25.2 Å². The predicted molar refractivity (Wildman–Crippen MR) is 115 cm³/mol. The molecule has 160 valence electrons. The molecule has 0 bridgehead atoms. The Bertz CT molecular complexity index is 895. The number of hydrogen-bond acceptors (Lipinski definition) is 4. The van der Waals surface area contributed by atoms with E-state index in [0.29, 0.717) is 5.02 Å². The summed E-state index contributed by atoms with van der Waals surface area (Å²) >= 11 is 6.03. The van der Waals surface area contributed by atoms with E-state index in [4.69, 9.17) is 16.7 Å². The van der Waals surface area contributed by atoms with Gasteiger partial charge in [0.25, 0.3) is 5.91 Å². The summed E-state index contributed by atoms with van der Waals surface area (Å²) in [6.07, 6.45) is -1.46. The van der Waals surface area contributed by atoms with Gasteiger partial charge in [-0.15, -0.1) is 0 Å². The van der Waals surface area contributed by atoms with Crippen LogP contribution in [0.25, 0.3) is 11.1 Å². The van der Waals surface area contributed by atoms with Crippen molar-refractivity contribution in [1.82, 2.24) is 5.32 Å². The van der Waals surface area contributed by atoms with Crippen LogP contribution in [0.5, 0.6) is 0 Å². The molecule has 6 nitrogen and oxygen atoms in total. The molecule has 0 aromatic heterocycles. The third-order valence-corrected chi connectivity index (χ3v) is 4.80. The first-order valence-electron chi connectivity index (χ1n) is 9.75. The molecule has 0 radical (unpaired) electrons. The molecule has 2 atom stereocenters. The summed E-state index contributed by atoms with van der Waals surface area (Å²) in [5.41, 5.74) is 2.75. The van der Waals surface area contributed by atoms with Crippen LogP contribution in [0.2, 0.25) is 5.02 Å². The number of rotatable bonds is 10. The number of carboxylic acid groups (broad SMARTS) is 1. The Morgan fingerprint density at radius 2 is 1.70 bits per heavy atom. The average molecular weight is 432 g/mol. The maximum atomic E-state index is 12.2. The van der Waals surface area contributed by atoms with Gasteiger partial charge in [0.05, 0.1) is 0 Å². The topological polar surface area (TPSA) is 104 Å². The second-order valence-electron chi connectivity index (χ2n) is 7.69. The summed E-state index contributed by atoms with van der Waals surface area (Å²) in [5.74, 6) is -2.66. The number of ketones is 1. The van der Waals surface area contributed by atoms with Crippen molar-refractivity contribution in [3.63, 3.8) is 0 Å². The Hall–Kier alpha value is -2.70. The Morgan fingerprint density at radius 3 is 2.27 bits per heavy atom. The Balaban J connectivity index is 2.13. The van der Waals surface area contributed by atoms with Crippen LogP contribution in [0.15, 0.2) is 48.5 Å². The number of aliphatic hydroxyl groups excluding tert-OH is 1. The first-order chi connectivity index (χ1) is 14.2. The van der Waals surface area contributed by atoms with Gasteiger partial charge in [0.1, 0.15) is 0 Å². The second kappa shape index (κ2) is 10.9. The van der Waals surface area contributed by atoms with Crippen molar-refractivity contribution in [3.8, 4) is 11.1 Å². The molecule has 2 aromatic carbocycles. The lowest BCUT2D eigenvalue weighted by Crippen LogP contribution is -2.43. The average Bonchev–Trinajstić information content (AvgIpc) is 2.67. The highest BCUT2D eigenvalue weighted by molar-refractivity contribution is 6.36. The van der Waals surface area contributed by atoms with Gasteiger partial charge in [-0.2, -0.15) is 0 Å². The molecule has 0 fully saturated rings. The molecule has 3 N–H and O–H groups in total. The minimum atomic E-state index is -1.64. The molecule has 0 saturated heterocycles. The fraction of sp³-hybridized carbons (Fsp3) is 0.348. The van der Waals surface area contributed by atoms with Gasteiger partial charge >= 0.3 is 5.97 Å². The molecule has 30 heavy (non-hydrogen) atoms. The van der Waals surface area contributed by atoms with E-state index in [0.717, 1.165) is 16.7 Å². The number of nitrogens with one attached hydrogen (secondary N) is 1.